The number of hydrogen-bond donors (Lipinski definition) is 2. The number of carbonyl (C=O) groups excluding carboxylic acids is 1. The minimum atomic E-state index is -0.897. The van der Waals surface area contributed by atoms with Crippen LogP contribution in [0.5, 0.6) is 0 Å². The maximum Gasteiger partial charge on any atom is 0.326 e. The van der Waals surface area contributed by atoms with Crippen LogP contribution in [0.3, 0.4) is 0 Å². The number of carboxylic acid groups (broad SMARTS) is 1. The summed E-state index contributed by atoms with van der Waals surface area (Å²) in [6.07, 6.45) is 4.43. The van der Waals surface area contributed by atoms with E-state index in [9.17, 15) is 14.7 Å². The van der Waals surface area contributed by atoms with E-state index in [1.54, 1.807) is 11.8 Å². The maximum atomic E-state index is 12.1. The summed E-state index contributed by atoms with van der Waals surface area (Å²) < 4.78 is 0. The summed E-state index contributed by atoms with van der Waals surface area (Å²) in [5.74, 6) is -0.485. The molecule has 0 aliphatic carbocycles. The Morgan fingerprint density at radius 1 is 1.53 bits per heavy atom. The highest BCUT2D eigenvalue weighted by Gasteiger charge is 2.35. The number of carboxylic acids is 1. The van der Waals surface area contributed by atoms with Gasteiger partial charge in [0.1, 0.15) is 6.04 Å². The van der Waals surface area contributed by atoms with Gasteiger partial charge >= 0.3 is 12.0 Å². The number of likely N-dealkylation sites (tertiary alicyclic amines) is 1. The van der Waals surface area contributed by atoms with Gasteiger partial charge in [-0.3, -0.25) is 0 Å². The predicted octanol–water partition coefficient (Wildman–Crippen LogP) is 2.02. The van der Waals surface area contributed by atoms with Crippen molar-refractivity contribution in [1.29, 1.82) is 0 Å². The standard InChI is InChI=1S/C13H24N2O3S/c1-4-10-5-6-15(11(7-10)12(16)17)13(18)14-8-9(2)19-3/h9-11H,4-8H2,1-3H3,(H,14,18)(H,16,17). The van der Waals surface area contributed by atoms with Gasteiger partial charge in [0.05, 0.1) is 0 Å². The minimum Gasteiger partial charge on any atom is -0.480 e. The maximum absolute atomic E-state index is 12.1. The first-order valence-electron chi connectivity index (χ1n) is 6.79. The van der Waals surface area contributed by atoms with Crippen molar-refractivity contribution in [2.24, 2.45) is 5.92 Å². The Kier molecular flexibility index (Phi) is 6.48. The highest BCUT2D eigenvalue weighted by molar-refractivity contribution is 7.99. The van der Waals surface area contributed by atoms with Gasteiger partial charge in [-0.1, -0.05) is 20.3 Å². The first-order valence-corrected chi connectivity index (χ1v) is 8.08. The van der Waals surface area contributed by atoms with Crippen LogP contribution in [0.2, 0.25) is 0 Å². The van der Waals surface area contributed by atoms with E-state index in [-0.39, 0.29) is 6.03 Å². The molecule has 1 rings (SSSR count). The fraction of sp³-hybridized carbons (Fsp3) is 0.846. The van der Waals surface area contributed by atoms with E-state index in [2.05, 4.69) is 12.2 Å². The summed E-state index contributed by atoms with van der Waals surface area (Å²) >= 11 is 1.67. The van der Waals surface area contributed by atoms with E-state index in [4.69, 9.17) is 0 Å². The Balaban J connectivity index is 2.59. The number of piperidine rings is 1. The number of nitrogens with one attached hydrogen (secondary N) is 1. The van der Waals surface area contributed by atoms with Gasteiger partial charge in [-0.05, 0) is 25.0 Å². The largest absolute Gasteiger partial charge is 0.480 e. The van der Waals surface area contributed by atoms with Gasteiger partial charge in [0, 0.05) is 18.3 Å². The van der Waals surface area contributed by atoms with Crippen LogP contribution in [0.15, 0.2) is 0 Å². The van der Waals surface area contributed by atoms with Crippen LogP contribution >= 0.6 is 11.8 Å². The van der Waals surface area contributed by atoms with Crippen molar-refractivity contribution < 1.29 is 14.7 Å². The molecule has 1 saturated heterocycles. The quantitative estimate of drug-likeness (QED) is 0.812. The van der Waals surface area contributed by atoms with Crippen LogP contribution in [-0.4, -0.2) is 52.6 Å². The number of urea groups is 1. The molecule has 0 aromatic rings. The average Bonchev–Trinajstić information content (AvgIpc) is 2.43. The normalized spacial score (nSPS) is 24.9. The molecule has 1 fully saturated rings. The van der Waals surface area contributed by atoms with E-state index < -0.39 is 12.0 Å². The summed E-state index contributed by atoms with van der Waals surface area (Å²) in [7, 11) is 0. The van der Waals surface area contributed by atoms with Gasteiger partial charge < -0.3 is 15.3 Å². The molecule has 110 valence electrons. The minimum absolute atomic E-state index is 0.247. The van der Waals surface area contributed by atoms with Crippen LogP contribution in [0.4, 0.5) is 4.79 Å². The van der Waals surface area contributed by atoms with E-state index in [0.717, 1.165) is 12.8 Å². The summed E-state index contributed by atoms with van der Waals surface area (Å²) in [6, 6.07) is -0.925. The molecular weight excluding hydrogens is 264 g/mol. The lowest BCUT2D eigenvalue weighted by Crippen LogP contribution is -2.54. The van der Waals surface area contributed by atoms with Crippen LogP contribution in [0, 0.1) is 5.92 Å². The molecule has 0 aromatic heterocycles. The number of rotatable bonds is 5. The molecule has 0 radical (unpaired) electrons. The van der Waals surface area contributed by atoms with E-state index in [1.807, 2.05) is 13.2 Å². The second-order valence-electron chi connectivity index (χ2n) is 5.08. The lowest BCUT2D eigenvalue weighted by atomic mass is 9.89. The Morgan fingerprint density at radius 3 is 2.74 bits per heavy atom. The third-order valence-corrected chi connectivity index (χ3v) is 4.75. The van der Waals surface area contributed by atoms with Gasteiger partial charge in [0.25, 0.3) is 0 Å². The average molecular weight is 288 g/mol. The molecule has 3 atom stereocenters. The van der Waals surface area contributed by atoms with Gasteiger partial charge in [-0.2, -0.15) is 11.8 Å². The fourth-order valence-corrected chi connectivity index (χ4v) is 2.55. The molecule has 0 spiro atoms. The van der Waals surface area contributed by atoms with Gasteiger partial charge in [-0.25, -0.2) is 9.59 Å². The molecule has 3 unspecified atom stereocenters. The van der Waals surface area contributed by atoms with Crippen LogP contribution in [-0.2, 0) is 4.79 Å². The zero-order valence-corrected chi connectivity index (χ0v) is 12.7. The highest BCUT2D eigenvalue weighted by Crippen LogP contribution is 2.25. The summed E-state index contributed by atoms with van der Waals surface area (Å²) in [5, 5.41) is 12.4. The molecule has 0 aromatic carbocycles. The Bertz CT molecular complexity index is 325. The van der Waals surface area contributed by atoms with E-state index in [1.165, 1.54) is 4.90 Å². The van der Waals surface area contributed by atoms with Gasteiger partial charge in [-0.15, -0.1) is 0 Å². The molecular formula is C13H24N2O3S. The SMILES string of the molecule is CCC1CCN(C(=O)NCC(C)SC)C(C(=O)O)C1. The smallest absolute Gasteiger partial charge is 0.326 e. The molecule has 1 heterocycles. The fourth-order valence-electron chi connectivity index (χ4n) is 2.30. The van der Waals surface area contributed by atoms with Crippen molar-refractivity contribution >= 4 is 23.8 Å². The molecule has 1 aliphatic heterocycles. The first-order chi connectivity index (χ1) is 8.99. The molecule has 1 aliphatic rings. The van der Waals surface area contributed by atoms with Gasteiger partial charge in [0.2, 0.25) is 0 Å². The predicted molar refractivity (Wildman–Crippen MR) is 77.5 cm³/mol. The monoisotopic (exact) mass is 288 g/mol. The zero-order chi connectivity index (χ0) is 14.4. The molecule has 0 saturated carbocycles. The van der Waals surface area contributed by atoms with Crippen molar-refractivity contribution in [1.82, 2.24) is 10.2 Å². The van der Waals surface area contributed by atoms with Gasteiger partial charge in [0.15, 0.2) is 0 Å². The zero-order valence-electron chi connectivity index (χ0n) is 11.9. The highest BCUT2D eigenvalue weighted by atomic mass is 32.2. The van der Waals surface area contributed by atoms with Crippen molar-refractivity contribution in [2.75, 3.05) is 19.3 Å². The topological polar surface area (TPSA) is 69.6 Å². The third-order valence-electron chi connectivity index (χ3n) is 3.78. The number of amides is 2. The number of carbonyl (C=O) groups is 2. The second kappa shape index (κ2) is 7.62. The third kappa shape index (κ3) is 4.60. The molecule has 5 nitrogen and oxygen atoms in total. The van der Waals surface area contributed by atoms with Crippen LogP contribution in [0.25, 0.3) is 0 Å². The number of hydrogen-bond acceptors (Lipinski definition) is 3. The second-order valence-corrected chi connectivity index (χ2v) is 6.35. The van der Waals surface area contributed by atoms with Crippen molar-refractivity contribution in [3.05, 3.63) is 0 Å². The van der Waals surface area contributed by atoms with E-state index in [0.29, 0.717) is 30.7 Å². The van der Waals surface area contributed by atoms with Crippen molar-refractivity contribution in [3.8, 4) is 0 Å². The summed E-state index contributed by atoms with van der Waals surface area (Å²) in [5.41, 5.74) is 0. The molecule has 6 heteroatoms. The molecule has 19 heavy (non-hydrogen) atoms. The Labute approximate surface area is 119 Å². The molecule has 0 bridgehead atoms. The summed E-state index contributed by atoms with van der Waals surface area (Å²) in [4.78, 5) is 24.8. The van der Waals surface area contributed by atoms with Crippen LogP contribution in [0.1, 0.15) is 33.1 Å². The first kappa shape index (κ1) is 16.1. The molecule has 2 N–H and O–H groups in total. The lowest BCUT2D eigenvalue weighted by Gasteiger charge is -2.37. The number of aliphatic carboxylic acids is 1. The Hall–Kier alpha value is -0.910. The lowest BCUT2D eigenvalue weighted by molar-refractivity contribution is -0.144. The van der Waals surface area contributed by atoms with Crippen molar-refractivity contribution in [2.45, 2.75) is 44.4 Å². The Morgan fingerprint density at radius 2 is 2.21 bits per heavy atom. The van der Waals surface area contributed by atoms with Crippen LogP contribution < -0.4 is 5.32 Å². The van der Waals surface area contributed by atoms with Crippen molar-refractivity contribution in [3.63, 3.8) is 0 Å². The summed E-state index contributed by atoms with van der Waals surface area (Å²) in [6.45, 7) is 5.21. The van der Waals surface area contributed by atoms with E-state index >= 15 is 0 Å². The number of nitrogens with zero attached hydrogens (tertiary/aromatic N) is 1. The molecule has 2 amide bonds. The number of thioether (sulfide) groups is 1.